The number of hydrogen-bond acceptors (Lipinski definition) is 7. The molecule has 1 amide bonds. The van der Waals surface area contributed by atoms with Gasteiger partial charge in [0.1, 0.15) is 17.1 Å². The van der Waals surface area contributed by atoms with Crippen LogP contribution in [-0.2, 0) is 11.3 Å². The Kier molecular flexibility index (Phi) is 11.4. The first-order chi connectivity index (χ1) is 20.4. The molecule has 1 saturated heterocycles. The number of halogens is 1. The van der Waals surface area contributed by atoms with Crippen LogP contribution in [0.5, 0.6) is 5.75 Å². The molecule has 228 valence electrons. The van der Waals surface area contributed by atoms with Crippen LogP contribution >= 0.6 is 0 Å². The number of rotatable bonds is 7. The Balaban J connectivity index is 0.00000165. The van der Waals surface area contributed by atoms with Gasteiger partial charge in [0, 0.05) is 37.1 Å². The summed E-state index contributed by atoms with van der Waals surface area (Å²) in [5.74, 6) is -0.479. The maximum atomic E-state index is 13.9. The molecule has 1 aliphatic heterocycles. The van der Waals surface area contributed by atoms with Gasteiger partial charge in [0.15, 0.2) is 0 Å². The number of esters is 1. The lowest BCUT2D eigenvalue weighted by Gasteiger charge is -2.37. The van der Waals surface area contributed by atoms with Gasteiger partial charge in [-0.15, -0.1) is 0 Å². The summed E-state index contributed by atoms with van der Waals surface area (Å²) < 4.78 is 25.6. The molecule has 2 heterocycles. The van der Waals surface area contributed by atoms with E-state index in [-0.39, 0.29) is 36.6 Å². The average molecular weight is 591 g/mol. The second-order valence-electron chi connectivity index (χ2n) is 9.49. The van der Waals surface area contributed by atoms with Crippen molar-refractivity contribution in [1.82, 2.24) is 15.6 Å². The van der Waals surface area contributed by atoms with Crippen molar-refractivity contribution in [1.29, 1.82) is 0 Å². The average Bonchev–Trinajstić information content (AvgIpc) is 3.04. The molecule has 0 spiro atoms. The van der Waals surface area contributed by atoms with Crippen molar-refractivity contribution >= 4 is 28.5 Å². The van der Waals surface area contributed by atoms with Crippen molar-refractivity contribution in [2.45, 2.75) is 27.3 Å². The number of amides is 1. The number of anilines is 1. The second kappa shape index (κ2) is 15.0. The monoisotopic (exact) mass is 590 g/mol. The molecule has 9 nitrogen and oxygen atoms in total. The summed E-state index contributed by atoms with van der Waals surface area (Å²) in [7, 11) is 1.57. The van der Waals surface area contributed by atoms with Crippen molar-refractivity contribution in [3.05, 3.63) is 106 Å². The Morgan fingerprint density at radius 3 is 2.12 bits per heavy atom. The summed E-state index contributed by atoms with van der Waals surface area (Å²) >= 11 is 0. The largest absolute Gasteiger partial charge is 0.497 e. The number of carbonyl (C=O) groups excluding carboxylic acids is 2. The number of benzene rings is 3. The zero-order valence-corrected chi connectivity index (χ0v) is 25.1. The lowest BCUT2D eigenvalue weighted by molar-refractivity contribution is 0.0523. The summed E-state index contributed by atoms with van der Waals surface area (Å²) in [5.41, 5.74) is 1.92. The van der Waals surface area contributed by atoms with Gasteiger partial charge in [-0.1, -0.05) is 44.2 Å². The zero-order valence-electron chi connectivity index (χ0n) is 25.1. The van der Waals surface area contributed by atoms with E-state index in [1.54, 1.807) is 55.3 Å². The number of fused-ring (bicyclic) bond motifs is 1. The van der Waals surface area contributed by atoms with E-state index in [1.165, 1.54) is 16.7 Å². The van der Waals surface area contributed by atoms with Crippen molar-refractivity contribution in [2.75, 3.05) is 44.8 Å². The van der Waals surface area contributed by atoms with Crippen LogP contribution in [0.15, 0.2) is 77.6 Å². The number of hydrogen-bond donors (Lipinski definition) is 1. The Hall–Kier alpha value is -4.70. The summed E-state index contributed by atoms with van der Waals surface area (Å²) in [6, 6.07) is 20.3. The molecule has 0 unspecified atom stereocenters. The highest BCUT2D eigenvalue weighted by molar-refractivity contribution is 6.05. The minimum absolute atomic E-state index is 0. The standard InChI is InChI=1S/C31H30FN3O5.C2H6.H3N/c1-3-40-31(38)27-28(33-16-18-34(19-17-33)29(36)22-10-14-24(39-2)15-11-22)25-6-4-5-7-26(25)35(30(27)37)20-21-8-12-23(32)13-9-21;1-2;/h4-15H,3,16-20H2,1-2H3;1-2H3;1H3. The third kappa shape index (κ3) is 7.03. The van der Waals surface area contributed by atoms with Crippen molar-refractivity contribution in [3.63, 3.8) is 0 Å². The van der Waals surface area contributed by atoms with E-state index in [1.807, 2.05) is 43.0 Å². The Morgan fingerprint density at radius 2 is 1.51 bits per heavy atom. The number of piperazine rings is 1. The number of aromatic nitrogens is 1. The van der Waals surface area contributed by atoms with Crippen LogP contribution in [0, 0.1) is 5.82 Å². The number of ether oxygens (including phenoxy) is 2. The van der Waals surface area contributed by atoms with Gasteiger partial charge < -0.3 is 30.0 Å². The molecular weight excluding hydrogens is 551 g/mol. The highest BCUT2D eigenvalue weighted by Gasteiger charge is 2.30. The second-order valence-corrected chi connectivity index (χ2v) is 9.49. The van der Waals surface area contributed by atoms with Crippen molar-refractivity contribution in [3.8, 4) is 5.75 Å². The van der Waals surface area contributed by atoms with Gasteiger partial charge in [-0.2, -0.15) is 0 Å². The quantitative estimate of drug-likeness (QED) is 0.282. The van der Waals surface area contributed by atoms with Crippen LogP contribution in [0.2, 0.25) is 0 Å². The lowest BCUT2D eigenvalue weighted by Crippen LogP contribution is -2.49. The highest BCUT2D eigenvalue weighted by Crippen LogP contribution is 2.31. The lowest BCUT2D eigenvalue weighted by atomic mass is 10.0. The molecule has 0 atom stereocenters. The Labute approximate surface area is 251 Å². The first-order valence-electron chi connectivity index (χ1n) is 14.2. The molecule has 1 aromatic heterocycles. The molecule has 0 radical (unpaired) electrons. The first kappa shape index (κ1) is 32.8. The molecule has 0 saturated carbocycles. The fourth-order valence-corrected chi connectivity index (χ4v) is 5.08. The van der Waals surface area contributed by atoms with Crippen LogP contribution in [0.3, 0.4) is 0 Å². The number of pyridine rings is 1. The SMILES string of the molecule is CC.CCOC(=O)c1c(N2CCN(C(=O)c3ccc(OC)cc3)CC2)c2ccccc2n(Cc2ccc(F)cc2)c1=O.N. The number of methoxy groups -OCH3 is 1. The molecule has 4 aromatic rings. The predicted molar refractivity (Wildman–Crippen MR) is 167 cm³/mol. The Morgan fingerprint density at radius 1 is 0.884 bits per heavy atom. The fraction of sp³-hybridized carbons (Fsp3) is 0.303. The van der Waals surface area contributed by atoms with E-state index < -0.39 is 11.5 Å². The van der Waals surface area contributed by atoms with Crippen molar-refractivity contribution in [2.24, 2.45) is 0 Å². The molecule has 43 heavy (non-hydrogen) atoms. The van der Waals surface area contributed by atoms with Gasteiger partial charge in [-0.05, 0) is 55.0 Å². The molecule has 5 rings (SSSR count). The normalized spacial score (nSPS) is 12.6. The maximum absolute atomic E-state index is 13.9. The van der Waals surface area contributed by atoms with E-state index in [0.717, 1.165) is 10.9 Å². The van der Waals surface area contributed by atoms with Gasteiger partial charge in [-0.3, -0.25) is 9.59 Å². The number of nitrogens with zero attached hydrogens (tertiary/aromatic N) is 3. The molecule has 0 bridgehead atoms. The number of carbonyl (C=O) groups is 2. The fourth-order valence-electron chi connectivity index (χ4n) is 5.08. The van der Waals surface area contributed by atoms with Crippen LogP contribution in [0.4, 0.5) is 10.1 Å². The summed E-state index contributed by atoms with van der Waals surface area (Å²) in [4.78, 5) is 44.0. The van der Waals surface area contributed by atoms with Gasteiger partial charge >= 0.3 is 5.97 Å². The van der Waals surface area contributed by atoms with Crippen molar-refractivity contribution < 1.29 is 23.5 Å². The van der Waals surface area contributed by atoms with E-state index in [9.17, 15) is 18.8 Å². The van der Waals surface area contributed by atoms with Crippen LogP contribution < -0.4 is 21.3 Å². The highest BCUT2D eigenvalue weighted by atomic mass is 19.1. The van der Waals surface area contributed by atoms with Gasteiger partial charge in [0.25, 0.3) is 11.5 Å². The minimum atomic E-state index is -0.696. The third-order valence-electron chi connectivity index (χ3n) is 7.10. The molecule has 1 fully saturated rings. The van der Waals surface area contributed by atoms with Gasteiger partial charge in [-0.25, -0.2) is 9.18 Å². The van der Waals surface area contributed by atoms with Crippen LogP contribution in [-0.4, -0.2) is 61.2 Å². The summed E-state index contributed by atoms with van der Waals surface area (Å²) in [5, 5.41) is 0.724. The molecule has 1 aliphatic rings. The Bertz CT molecular complexity index is 1600. The van der Waals surface area contributed by atoms with Gasteiger partial charge in [0.05, 0.1) is 31.5 Å². The van der Waals surface area contributed by atoms with E-state index in [0.29, 0.717) is 48.7 Å². The minimum Gasteiger partial charge on any atom is -0.497 e. The summed E-state index contributed by atoms with van der Waals surface area (Å²) in [6.07, 6.45) is 0. The van der Waals surface area contributed by atoms with E-state index in [4.69, 9.17) is 9.47 Å². The van der Waals surface area contributed by atoms with Gasteiger partial charge in [0.2, 0.25) is 0 Å². The van der Waals surface area contributed by atoms with Crippen LogP contribution in [0.1, 0.15) is 47.1 Å². The van der Waals surface area contributed by atoms with E-state index in [2.05, 4.69) is 0 Å². The smallest absolute Gasteiger partial charge is 0.345 e. The molecule has 0 aliphatic carbocycles. The zero-order chi connectivity index (χ0) is 30.2. The third-order valence-corrected chi connectivity index (χ3v) is 7.10. The number of para-hydroxylation sites is 1. The summed E-state index contributed by atoms with van der Waals surface area (Å²) in [6.45, 7) is 7.67. The predicted octanol–water partition coefficient (Wildman–Crippen LogP) is 5.52. The maximum Gasteiger partial charge on any atom is 0.345 e. The molecule has 3 aromatic carbocycles. The van der Waals surface area contributed by atoms with E-state index >= 15 is 0 Å². The molecular formula is C33H39FN4O5. The molecule has 10 heteroatoms. The molecule has 3 N–H and O–H groups in total. The van der Waals surface area contributed by atoms with Crippen LogP contribution in [0.25, 0.3) is 10.9 Å². The first-order valence-corrected chi connectivity index (χ1v) is 14.2. The topological polar surface area (TPSA) is 116 Å².